The predicted molar refractivity (Wildman–Crippen MR) is 144 cm³/mol. The number of aliphatic hydroxyl groups is 1. The molecule has 1 aromatic carbocycles. The minimum absolute atomic E-state index is 0.0313. The first-order valence-electron chi connectivity index (χ1n) is 13.6. The van der Waals surface area contributed by atoms with E-state index in [0.29, 0.717) is 35.3 Å². The van der Waals surface area contributed by atoms with Crippen molar-refractivity contribution in [2.45, 2.75) is 84.3 Å². The first-order chi connectivity index (χ1) is 18.8. The summed E-state index contributed by atoms with van der Waals surface area (Å²) in [6.07, 6.45) is 1.14. The second-order valence-electron chi connectivity index (χ2n) is 11.9. The molecule has 1 aliphatic carbocycles. The summed E-state index contributed by atoms with van der Waals surface area (Å²) in [4.78, 5) is 44.0. The van der Waals surface area contributed by atoms with E-state index in [1.54, 1.807) is 24.5 Å². The number of hydrogen-bond acceptors (Lipinski definition) is 7. The van der Waals surface area contributed by atoms with Crippen molar-refractivity contribution in [3.63, 3.8) is 0 Å². The van der Waals surface area contributed by atoms with Gasteiger partial charge in [0, 0.05) is 22.6 Å². The van der Waals surface area contributed by atoms with E-state index in [2.05, 4.69) is 5.32 Å². The van der Waals surface area contributed by atoms with Gasteiger partial charge in [0.15, 0.2) is 5.60 Å². The summed E-state index contributed by atoms with van der Waals surface area (Å²) in [6, 6.07) is 2.63. The Labute approximate surface area is 230 Å². The average Bonchev–Trinajstić information content (AvgIpc) is 3.27. The summed E-state index contributed by atoms with van der Waals surface area (Å²) < 4.78 is 27.4. The molecule has 1 unspecified atom stereocenters. The van der Waals surface area contributed by atoms with Crippen molar-refractivity contribution >= 4 is 22.8 Å². The zero-order chi connectivity index (χ0) is 28.7. The van der Waals surface area contributed by atoms with Crippen LogP contribution in [0.5, 0.6) is 0 Å². The molecule has 0 fully saturated rings. The molecule has 40 heavy (non-hydrogen) atoms. The number of hydrogen-bond donors (Lipinski definition) is 2. The second kappa shape index (κ2) is 8.94. The predicted octanol–water partition coefficient (Wildman–Crippen LogP) is 3.45. The van der Waals surface area contributed by atoms with Crippen LogP contribution in [0.25, 0.3) is 22.3 Å². The molecule has 0 saturated heterocycles. The van der Waals surface area contributed by atoms with Crippen LogP contribution in [0.1, 0.15) is 80.0 Å². The second-order valence-corrected chi connectivity index (χ2v) is 11.9. The lowest BCUT2D eigenvalue weighted by Gasteiger charge is -2.31. The third-order valence-electron chi connectivity index (χ3n) is 8.35. The van der Waals surface area contributed by atoms with E-state index in [0.717, 1.165) is 22.1 Å². The highest BCUT2D eigenvalue weighted by Gasteiger charge is 2.46. The Balaban J connectivity index is 1.55. The van der Waals surface area contributed by atoms with Crippen molar-refractivity contribution in [2.75, 3.05) is 6.61 Å². The zero-order valence-electron chi connectivity index (χ0n) is 23.2. The van der Waals surface area contributed by atoms with Crippen molar-refractivity contribution < 1.29 is 28.6 Å². The number of carbonyl (C=O) groups excluding carboxylic acids is 2. The molecule has 3 aliphatic rings. The number of carbonyl (C=O) groups is 2. The number of benzene rings is 1. The van der Waals surface area contributed by atoms with Gasteiger partial charge in [0.25, 0.3) is 5.56 Å². The SMILES string of the molecule is CC[C@@]1(O)C(=O)OCc2c1cc1n(c2=O)Cc2c-1nc1cc(F)c(C)c3c1c2C(NC(=O)COC(C)(C)C)CC3. The summed E-state index contributed by atoms with van der Waals surface area (Å²) in [7, 11) is 0. The minimum Gasteiger partial charge on any atom is -0.458 e. The number of fused-ring (bicyclic) bond motifs is 5. The first-order valence-corrected chi connectivity index (χ1v) is 13.6. The molecule has 6 rings (SSSR count). The molecule has 0 saturated carbocycles. The molecule has 2 aliphatic heterocycles. The van der Waals surface area contributed by atoms with Crippen LogP contribution >= 0.6 is 0 Å². The van der Waals surface area contributed by atoms with Gasteiger partial charge in [-0.05, 0) is 69.7 Å². The molecule has 210 valence electrons. The first kappa shape index (κ1) is 26.6. The summed E-state index contributed by atoms with van der Waals surface area (Å²) in [6.45, 7) is 8.87. The minimum atomic E-state index is -1.95. The molecule has 0 bridgehead atoms. The van der Waals surface area contributed by atoms with Crippen molar-refractivity contribution in [1.29, 1.82) is 0 Å². The molecule has 0 radical (unpaired) electrons. The fourth-order valence-electron chi connectivity index (χ4n) is 6.22. The summed E-state index contributed by atoms with van der Waals surface area (Å²) in [5.74, 6) is -1.44. The van der Waals surface area contributed by atoms with Crippen LogP contribution < -0.4 is 10.9 Å². The number of aryl methyl sites for hydroxylation is 1. The van der Waals surface area contributed by atoms with Crippen LogP contribution in [0.4, 0.5) is 4.39 Å². The number of ether oxygens (including phenoxy) is 2. The van der Waals surface area contributed by atoms with Crippen molar-refractivity contribution in [3.05, 3.63) is 61.7 Å². The standard InChI is InChI=1S/C30H32FN3O6/c1-6-30(38)18-9-22-26-16(11-34(22)27(36)17(18)12-39-28(30)37)25-20(32-23(35)13-40-29(3,4)5)8-7-15-14(2)19(31)10-21(33-26)24(15)25/h9-10,20,38H,6-8,11-13H2,1-5H3,(H,32,35)/t20?,30-/m0/s1. The molecule has 2 aromatic heterocycles. The number of rotatable bonds is 4. The number of esters is 1. The number of amides is 1. The van der Waals surface area contributed by atoms with Crippen LogP contribution in [0.2, 0.25) is 0 Å². The Morgan fingerprint density at radius 3 is 2.73 bits per heavy atom. The molecular formula is C30H32FN3O6. The van der Waals surface area contributed by atoms with Crippen LogP contribution in [0.3, 0.4) is 0 Å². The molecule has 9 nitrogen and oxygen atoms in total. The van der Waals surface area contributed by atoms with E-state index in [9.17, 15) is 19.5 Å². The van der Waals surface area contributed by atoms with Gasteiger partial charge < -0.3 is 24.5 Å². The van der Waals surface area contributed by atoms with Crippen LogP contribution in [0.15, 0.2) is 16.9 Å². The van der Waals surface area contributed by atoms with E-state index in [1.807, 2.05) is 20.8 Å². The Bertz CT molecular complexity index is 1690. The molecule has 0 spiro atoms. The highest BCUT2D eigenvalue weighted by molar-refractivity contribution is 5.94. The Kier molecular flexibility index (Phi) is 5.94. The molecule has 2 atom stereocenters. The summed E-state index contributed by atoms with van der Waals surface area (Å²) in [5, 5.41) is 15.1. The topological polar surface area (TPSA) is 120 Å². The number of halogens is 1. The smallest absolute Gasteiger partial charge is 0.343 e. The fraction of sp³-hybridized carbons (Fsp3) is 0.467. The average molecular weight is 550 g/mol. The van der Waals surface area contributed by atoms with E-state index in [-0.39, 0.29) is 54.6 Å². The Morgan fingerprint density at radius 2 is 2.02 bits per heavy atom. The van der Waals surface area contributed by atoms with Crippen LogP contribution in [-0.2, 0) is 44.2 Å². The Morgan fingerprint density at radius 1 is 1.27 bits per heavy atom. The summed E-state index contributed by atoms with van der Waals surface area (Å²) in [5.41, 5.74) is 1.94. The van der Waals surface area contributed by atoms with Crippen molar-refractivity contribution in [2.24, 2.45) is 0 Å². The third-order valence-corrected chi connectivity index (χ3v) is 8.35. The van der Waals surface area contributed by atoms with Crippen LogP contribution in [-0.4, -0.2) is 38.7 Å². The molecule has 1 amide bonds. The molecule has 2 N–H and O–H groups in total. The maximum Gasteiger partial charge on any atom is 0.343 e. The van der Waals surface area contributed by atoms with Gasteiger partial charge in [-0.2, -0.15) is 0 Å². The van der Waals surface area contributed by atoms with Gasteiger partial charge in [0.2, 0.25) is 5.91 Å². The number of nitrogens with zero attached hydrogens (tertiary/aromatic N) is 2. The lowest BCUT2D eigenvalue weighted by molar-refractivity contribution is -0.172. The van der Waals surface area contributed by atoms with Crippen molar-refractivity contribution in [3.8, 4) is 11.4 Å². The van der Waals surface area contributed by atoms with Crippen LogP contribution in [0, 0.1) is 12.7 Å². The van der Waals surface area contributed by atoms with Gasteiger partial charge in [0.05, 0.1) is 40.7 Å². The van der Waals surface area contributed by atoms with Gasteiger partial charge >= 0.3 is 5.97 Å². The normalized spacial score (nSPS) is 21.1. The Hall–Kier alpha value is -3.63. The van der Waals surface area contributed by atoms with Gasteiger partial charge in [0.1, 0.15) is 19.0 Å². The van der Waals surface area contributed by atoms with Gasteiger partial charge in [-0.25, -0.2) is 14.2 Å². The molecule has 3 aromatic rings. The zero-order valence-corrected chi connectivity index (χ0v) is 23.2. The van der Waals surface area contributed by atoms with Gasteiger partial charge in [-0.15, -0.1) is 0 Å². The van der Waals surface area contributed by atoms with Crippen molar-refractivity contribution in [1.82, 2.24) is 14.9 Å². The molecule has 10 heteroatoms. The number of cyclic esters (lactones) is 1. The van der Waals surface area contributed by atoms with Gasteiger partial charge in [-0.1, -0.05) is 6.92 Å². The van der Waals surface area contributed by atoms with E-state index >= 15 is 4.39 Å². The monoisotopic (exact) mass is 549 g/mol. The van der Waals surface area contributed by atoms with E-state index < -0.39 is 23.2 Å². The van der Waals surface area contributed by atoms with E-state index in [1.165, 1.54) is 6.07 Å². The lowest BCUT2D eigenvalue weighted by Crippen LogP contribution is -2.44. The quantitative estimate of drug-likeness (QED) is 0.374. The molecular weight excluding hydrogens is 517 g/mol. The van der Waals surface area contributed by atoms with E-state index in [4.69, 9.17) is 14.5 Å². The summed E-state index contributed by atoms with van der Waals surface area (Å²) >= 11 is 0. The maximum atomic E-state index is 15.0. The third kappa shape index (κ3) is 3.88. The lowest BCUT2D eigenvalue weighted by atomic mass is 9.81. The molecule has 4 heterocycles. The highest BCUT2D eigenvalue weighted by Crippen LogP contribution is 2.45. The largest absolute Gasteiger partial charge is 0.458 e. The fourth-order valence-corrected chi connectivity index (χ4v) is 6.22. The maximum absolute atomic E-state index is 15.0. The van der Waals surface area contributed by atoms with Gasteiger partial charge in [-0.3, -0.25) is 9.59 Å². The number of nitrogens with one attached hydrogen (secondary N) is 1. The number of aromatic nitrogens is 2. The number of pyridine rings is 2. The highest BCUT2D eigenvalue weighted by atomic mass is 19.1.